The van der Waals surface area contributed by atoms with Crippen molar-refractivity contribution in [3.63, 3.8) is 0 Å². The Kier molecular flexibility index (Phi) is 2.61. The number of hydrogen-bond acceptors (Lipinski definition) is 3. The minimum absolute atomic E-state index is 0.0391. The van der Waals surface area contributed by atoms with E-state index in [1.807, 2.05) is 13.8 Å². The largest absolute Gasteiger partial charge is 0.394 e. The topological polar surface area (TPSA) is 72.9 Å². The number of hydrogen-bond donors (Lipinski definition) is 2. The Bertz CT molecular complexity index is 420. The lowest BCUT2D eigenvalue weighted by Gasteiger charge is -2.11. The average Bonchev–Trinajstić information content (AvgIpc) is 3.03. The number of rotatable bonds is 3. The highest BCUT2D eigenvalue weighted by molar-refractivity contribution is 5.94. The van der Waals surface area contributed by atoms with Crippen LogP contribution in [-0.4, -0.2) is 15.7 Å². The molecule has 2 rings (SSSR count). The molecule has 1 unspecified atom stereocenters. The quantitative estimate of drug-likeness (QED) is 0.809. The summed E-state index contributed by atoms with van der Waals surface area (Å²) < 4.78 is 1.61. The molecule has 0 bridgehead atoms. The maximum Gasteiger partial charge on any atom is 0.228 e. The Labute approximate surface area is 95.0 Å². The molecular formula is C11H18N4O. The normalized spacial score (nSPS) is 17.2. The van der Waals surface area contributed by atoms with E-state index < -0.39 is 0 Å². The number of carbonyl (C=O) groups is 1. The first-order chi connectivity index (χ1) is 7.50. The lowest BCUT2D eigenvalue weighted by atomic mass is 10.1. The zero-order chi connectivity index (χ0) is 11.9. The summed E-state index contributed by atoms with van der Waals surface area (Å²) in [5, 5.41) is 7.02. The van der Waals surface area contributed by atoms with Gasteiger partial charge in [0.2, 0.25) is 5.91 Å². The second-order valence-electron chi connectivity index (χ2n) is 4.59. The molecule has 1 heterocycles. The number of nitrogens with zero attached hydrogens (tertiary/aromatic N) is 2. The Morgan fingerprint density at radius 3 is 2.69 bits per heavy atom. The fourth-order valence-corrected chi connectivity index (χ4v) is 1.86. The second-order valence-corrected chi connectivity index (χ2v) is 4.59. The third-order valence-corrected chi connectivity index (χ3v) is 3.25. The Hall–Kier alpha value is -1.52. The lowest BCUT2D eigenvalue weighted by molar-refractivity contribution is -0.120. The van der Waals surface area contributed by atoms with Crippen LogP contribution in [0.4, 0.5) is 11.5 Å². The minimum Gasteiger partial charge on any atom is -0.394 e. The fourth-order valence-electron chi connectivity index (χ4n) is 1.86. The molecule has 0 aromatic carbocycles. The summed E-state index contributed by atoms with van der Waals surface area (Å²) in [5.41, 5.74) is 7.15. The van der Waals surface area contributed by atoms with E-state index in [1.165, 1.54) is 0 Å². The standard InChI is InChI=1S/C11H18N4O/c1-6(8-4-5-8)11(16)13-10-9(12)7(2)14-15(10)3/h6,8H,4-5,12H2,1-3H3,(H,13,16). The third-order valence-electron chi connectivity index (χ3n) is 3.25. The van der Waals surface area contributed by atoms with Crippen LogP contribution in [0.1, 0.15) is 25.5 Å². The van der Waals surface area contributed by atoms with Gasteiger partial charge < -0.3 is 11.1 Å². The summed E-state index contributed by atoms with van der Waals surface area (Å²) in [6.07, 6.45) is 2.32. The van der Waals surface area contributed by atoms with Crippen LogP contribution in [0.25, 0.3) is 0 Å². The van der Waals surface area contributed by atoms with Crippen molar-refractivity contribution in [2.45, 2.75) is 26.7 Å². The molecule has 1 aliphatic carbocycles. The van der Waals surface area contributed by atoms with Crippen LogP contribution in [-0.2, 0) is 11.8 Å². The second kappa shape index (κ2) is 3.81. The molecule has 1 amide bonds. The molecule has 1 aromatic rings. The number of nitrogens with one attached hydrogen (secondary N) is 1. The van der Waals surface area contributed by atoms with Crippen molar-refractivity contribution in [2.75, 3.05) is 11.1 Å². The monoisotopic (exact) mass is 222 g/mol. The Balaban J connectivity index is 2.10. The smallest absolute Gasteiger partial charge is 0.228 e. The van der Waals surface area contributed by atoms with E-state index in [-0.39, 0.29) is 11.8 Å². The molecule has 1 fully saturated rings. The fraction of sp³-hybridized carbons (Fsp3) is 0.636. The number of carbonyl (C=O) groups excluding carboxylic acids is 1. The Morgan fingerprint density at radius 2 is 2.25 bits per heavy atom. The molecule has 1 aromatic heterocycles. The van der Waals surface area contributed by atoms with Crippen molar-refractivity contribution in [1.82, 2.24) is 9.78 Å². The van der Waals surface area contributed by atoms with Gasteiger partial charge in [0.1, 0.15) is 0 Å². The summed E-state index contributed by atoms with van der Waals surface area (Å²) in [7, 11) is 1.78. The minimum atomic E-state index is 0.0391. The van der Waals surface area contributed by atoms with Gasteiger partial charge in [0, 0.05) is 13.0 Å². The molecule has 5 nitrogen and oxygen atoms in total. The number of nitrogen functional groups attached to an aromatic ring is 1. The number of aromatic nitrogens is 2. The average molecular weight is 222 g/mol. The van der Waals surface area contributed by atoms with E-state index in [1.54, 1.807) is 11.7 Å². The molecule has 1 aliphatic rings. The summed E-state index contributed by atoms with van der Waals surface area (Å²) in [6.45, 7) is 3.79. The number of anilines is 2. The third kappa shape index (κ3) is 1.89. The first kappa shape index (κ1) is 11.0. The number of nitrogens with two attached hydrogens (primary N) is 1. The molecular weight excluding hydrogens is 204 g/mol. The molecule has 0 saturated heterocycles. The molecule has 3 N–H and O–H groups in total. The summed E-state index contributed by atoms with van der Waals surface area (Å²) >= 11 is 0. The van der Waals surface area contributed by atoms with Crippen molar-refractivity contribution in [2.24, 2.45) is 18.9 Å². The van der Waals surface area contributed by atoms with Gasteiger partial charge in [0.25, 0.3) is 0 Å². The van der Waals surface area contributed by atoms with Crippen LogP contribution < -0.4 is 11.1 Å². The van der Waals surface area contributed by atoms with E-state index in [9.17, 15) is 4.79 Å². The van der Waals surface area contributed by atoms with Crippen molar-refractivity contribution in [3.05, 3.63) is 5.69 Å². The van der Waals surface area contributed by atoms with E-state index in [0.717, 1.165) is 18.5 Å². The predicted molar refractivity (Wildman–Crippen MR) is 62.9 cm³/mol. The molecule has 0 radical (unpaired) electrons. The first-order valence-corrected chi connectivity index (χ1v) is 5.60. The van der Waals surface area contributed by atoms with Crippen molar-refractivity contribution in [1.29, 1.82) is 0 Å². The van der Waals surface area contributed by atoms with Crippen LogP contribution in [0.2, 0.25) is 0 Å². The predicted octanol–water partition coefficient (Wildman–Crippen LogP) is 1.30. The van der Waals surface area contributed by atoms with E-state index in [2.05, 4.69) is 10.4 Å². The Morgan fingerprint density at radius 1 is 1.62 bits per heavy atom. The van der Waals surface area contributed by atoms with E-state index in [4.69, 9.17) is 5.73 Å². The van der Waals surface area contributed by atoms with Gasteiger partial charge in [-0.2, -0.15) is 5.10 Å². The maximum atomic E-state index is 11.9. The highest BCUT2D eigenvalue weighted by Gasteiger charge is 2.33. The number of amides is 1. The lowest BCUT2D eigenvalue weighted by Crippen LogP contribution is -2.23. The van der Waals surface area contributed by atoms with Crippen LogP contribution >= 0.6 is 0 Å². The number of aryl methyl sites for hydroxylation is 2. The van der Waals surface area contributed by atoms with Gasteiger partial charge in [-0.1, -0.05) is 6.92 Å². The first-order valence-electron chi connectivity index (χ1n) is 5.60. The van der Waals surface area contributed by atoms with Crippen molar-refractivity contribution in [3.8, 4) is 0 Å². The maximum absolute atomic E-state index is 11.9. The molecule has 16 heavy (non-hydrogen) atoms. The van der Waals surface area contributed by atoms with Crippen LogP contribution in [0.3, 0.4) is 0 Å². The van der Waals surface area contributed by atoms with Gasteiger partial charge in [-0.15, -0.1) is 0 Å². The van der Waals surface area contributed by atoms with E-state index >= 15 is 0 Å². The summed E-state index contributed by atoms with van der Waals surface area (Å²) in [4.78, 5) is 11.9. The SMILES string of the molecule is Cc1nn(C)c(NC(=O)C(C)C2CC2)c1N. The zero-order valence-electron chi connectivity index (χ0n) is 9.95. The molecule has 1 saturated carbocycles. The van der Waals surface area contributed by atoms with E-state index in [0.29, 0.717) is 17.4 Å². The van der Waals surface area contributed by atoms with Gasteiger partial charge in [-0.3, -0.25) is 9.48 Å². The van der Waals surface area contributed by atoms with Gasteiger partial charge >= 0.3 is 0 Å². The highest BCUT2D eigenvalue weighted by atomic mass is 16.2. The molecule has 0 aliphatic heterocycles. The van der Waals surface area contributed by atoms with Crippen LogP contribution in [0.15, 0.2) is 0 Å². The van der Waals surface area contributed by atoms with Crippen molar-refractivity contribution < 1.29 is 4.79 Å². The summed E-state index contributed by atoms with van der Waals surface area (Å²) in [6, 6.07) is 0. The zero-order valence-corrected chi connectivity index (χ0v) is 9.95. The molecule has 5 heteroatoms. The van der Waals surface area contributed by atoms with Gasteiger partial charge in [-0.25, -0.2) is 0 Å². The van der Waals surface area contributed by atoms with Gasteiger partial charge in [0.15, 0.2) is 5.82 Å². The molecule has 0 spiro atoms. The van der Waals surface area contributed by atoms with Crippen LogP contribution in [0, 0.1) is 18.8 Å². The highest BCUT2D eigenvalue weighted by Crippen LogP contribution is 2.37. The van der Waals surface area contributed by atoms with Gasteiger partial charge in [0.05, 0.1) is 11.4 Å². The molecule has 1 atom stereocenters. The van der Waals surface area contributed by atoms with Crippen molar-refractivity contribution >= 4 is 17.4 Å². The van der Waals surface area contributed by atoms with Crippen LogP contribution in [0.5, 0.6) is 0 Å². The summed E-state index contributed by atoms with van der Waals surface area (Å²) in [5.74, 6) is 1.26. The van der Waals surface area contributed by atoms with Gasteiger partial charge in [-0.05, 0) is 25.7 Å². The molecule has 88 valence electrons.